The van der Waals surface area contributed by atoms with Gasteiger partial charge in [-0.2, -0.15) is 0 Å². The first-order chi connectivity index (χ1) is 20.0. The number of phenols is 5. The van der Waals surface area contributed by atoms with Crippen molar-refractivity contribution in [1.29, 1.82) is 0 Å². The van der Waals surface area contributed by atoms with Crippen molar-refractivity contribution in [3.05, 3.63) is 48.5 Å². The molecule has 0 aliphatic rings. The van der Waals surface area contributed by atoms with E-state index in [9.17, 15) is 25.5 Å². The monoisotopic (exact) mass is 555 g/mol. The molecule has 10 radical (unpaired) electrons. The summed E-state index contributed by atoms with van der Waals surface area (Å²) in [4.78, 5) is 3.42. The zero-order chi connectivity index (χ0) is 29.8. The topological polar surface area (TPSA) is 117 Å². The zero-order valence-corrected chi connectivity index (χ0v) is 22.5. The lowest BCUT2D eigenvalue weighted by Gasteiger charge is -2.17. The van der Waals surface area contributed by atoms with E-state index in [0.717, 1.165) is 42.0 Å². The Kier molecular flexibility index (Phi) is 5.63. The number of aromatic hydroxyl groups is 5. The summed E-state index contributed by atoms with van der Waals surface area (Å²) in [5.41, 5.74) is 1.92. The molecule has 0 saturated heterocycles. The molecule has 0 atom stereocenters. The normalized spacial score (nSPS) is 11.8. The van der Waals surface area contributed by atoms with Crippen LogP contribution in [0.1, 0.15) is 0 Å². The highest BCUT2D eigenvalue weighted by molar-refractivity contribution is 7.25. The number of nitrogens with one attached hydrogen (secondary N) is 1. The Hall–Kier alpha value is -4.56. The standard InChI is InChI=1S/C30H14B5NO5S/c31-21-19(26(37)22(32)24(34)29(21)40)9-1-3-15-11(5-9)12-8-18-14(7-16(12)36-15)13-6-10(2-4-17(13)42-18)20-27(38)23(33)25(35)30(41)28(20)39/h1-8,36-41H. The highest BCUT2D eigenvalue weighted by Crippen LogP contribution is 2.44. The Balaban J connectivity index is 1.44. The Labute approximate surface area is 249 Å². The molecule has 42 heavy (non-hydrogen) atoms. The van der Waals surface area contributed by atoms with Crippen molar-refractivity contribution >= 4 is 120 Å². The molecule has 5 aromatic carbocycles. The van der Waals surface area contributed by atoms with Crippen LogP contribution in [0.2, 0.25) is 0 Å². The Morgan fingerprint density at radius 1 is 0.452 bits per heavy atom. The van der Waals surface area contributed by atoms with E-state index in [4.69, 9.17) is 39.2 Å². The average Bonchev–Trinajstić information content (AvgIpc) is 3.52. The summed E-state index contributed by atoms with van der Waals surface area (Å²) in [6, 6.07) is 14.9. The zero-order valence-electron chi connectivity index (χ0n) is 21.6. The van der Waals surface area contributed by atoms with Crippen LogP contribution >= 0.6 is 11.3 Å². The molecular formula is C30H14B5NO5S. The molecule has 0 bridgehead atoms. The minimum Gasteiger partial charge on any atom is -0.509 e. The molecule has 0 fully saturated rings. The van der Waals surface area contributed by atoms with E-state index >= 15 is 0 Å². The van der Waals surface area contributed by atoms with Gasteiger partial charge in [0, 0.05) is 47.5 Å². The third kappa shape index (κ3) is 3.51. The first-order valence-corrected chi connectivity index (χ1v) is 13.4. The van der Waals surface area contributed by atoms with E-state index < -0.39 is 17.2 Å². The number of fused-ring (bicyclic) bond motifs is 6. The van der Waals surface area contributed by atoms with E-state index in [1.165, 1.54) is 0 Å². The van der Waals surface area contributed by atoms with E-state index in [2.05, 4.69) is 11.1 Å². The van der Waals surface area contributed by atoms with E-state index in [1.807, 2.05) is 30.3 Å². The van der Waals surface area contributed by atoms with Gasteiger partial charge < -0.3 is 30.5 Å². The van der Waals surface area contributed by atoms with Crippen molar-refractivity contribution in [2.45, 2.75) is 0 Å². The van der Waals surface area contributed by atoms with Crippen molar-refractivity contribution in [3.8, 4) is 51.0 Å². The first kappa shape index (κ1) is 26.4. The highest BCUT2D eigenvalue weighted by Gasteiger charge is 2.21. The number of rotatable bonds is 2. The average molecular weight is 555 g/mol. The van der Waals surface area contributed by atoms with Crippen LogP contribution in [-0.2, 0) is 0 Å². The molecule has 6 nitrogen and oxygen atoms in total. The van der Waals surface area contributed by atoms with Gasteiger partial charge in [0.25, 0.3) is 0 Å². The predicted molar refractivity (Wildman–Crippen MR) is 175 cm³/mol. The van der Waals surface area contributed by atoms with Gasteiger partial charge in [-0.1, -0.05) is 34.0 Å². The van der Waals surface area contributed by atoms with Crippen LogP contribution in [0.5, 0.6) is 28.7 Å². The van der Waals surface area contributed by atoms with Crippen LogP contribution in [-0.4, -0.2) is 69.7 Å². The summed E-state index contributed by atoms with van der Waals surface area (Å²) < 4.78 is 1.94. The molecule has 7 aromatic rings. The number of aromatic amines is 1. The maximum atomic E-state index is 10.7. The van der Waals surface area contributed by atoms with Crippen molar-refractivity contribution in [3.63, 3.8) is 0 Å². The molecule has 0 unspecified atom stereocenters. The van der Waals surface area contributed by atoms with Gasteiger partial charge in [0.05, 0.1) is 5.56 Å². The lowest BCUT2D eigenvalue weighted by molar-refractivity contribution is 0.403. The van der Waals surface area contributed by atoms with Gasteiger partial charge in [0.1, 0.15) is 56.5 Å². The number of benzene rings is 5. The SMILES string of the molecule is [B]c1c([B])c(O)c(-c2ccc3[nH]c4cc5c(cc4c3c2)sc2ccc(-c3c(O)c([B])c([B])c(O)c3O)cc25)c([B])c1O. The Morgan fingerprint density at radius 2 is 1.00 bits per heavy atom. The molecule has 0 aliphatic heterocycles. The van der Waals surface area contributed by atoms with Gasteiger partial charge in [-0.3, -0.25) is 0 Å². The molecule has 7 rings (SSSR count). The molecular weight excluding hydrogens is 540 g/mol. The van der Waals surface area contributed by atoms with Gasteiger partial charge in [-0.05, 0) is 53.0 Å². The van der Waals surface area contributed by atoms with Gasteiger partial charge >= 0.3 is 0 Å². The number of aromatic nitrogens is 1. The van der Waals surface area contributed by atoms with Crippen molar-refractivity contribution in [2.24, 2.45) is 0 Å². The molecule has 0 saturated carbocycles. The fraction of sp³-hybridized carbons (Fsp3) is 0. The summed E-state index contributed by atoms with van der Waals surface area (Å²) in [6.07, 6.45) is 0. The second-order valence-corrected chi connectivity index (χ2v) is 11.2. The molecule has 12 heteroatoms. The van der Waals surface area contributed by atoms with Crippen LogP contribution in [0, 0.1) is 0 Å². The van der Waals surface area contributed by atoms with Crippen molar-refractivity contribution < 1.29 is 25.5 Å². The summed E-state index contributed by atoms with van der Waals surface area (Å²) in [5, 5.41) is 56.1. The van der Waals surface area contributed by atoms with Gasteiger partial charge in [0.15, 0.2) is 11.5 Å². The number of thiophene rings is 1. The molecule has 0 aliphatic carbocycles. The highest BCUT2D eigenvalue weighted by atomic mass is 32.1. The number of H-pyrrole nitrogens is 1. The largest absolute Gasteiger partial charge is 0.509 e. The quantitative estimate of drug-likeness (QED) is 0.110. The smallest absolute Gasteiger partial charge is 0.168 e. The predicted octanol–water partition coefficient (Wildman–Crippen LogP) is 1.52. The summed E-state index contributed by atoms with van der Waals surface area (Å²) >= 11 is 1.56. The summed E-state index contributed by atoms with van der Waals surface area (Å²) in [5.74, 6) is -2.27. The Morgan fingerprint density at radius 3 is 1.74 bits per heavy atom. The first-order valence-electron chi connectivity index (χ1n) is 12.6. The number of phenolic OH excluding ortho intramolecular Hbond substituents is 5. The molecule has 0 spiro atoms. The lowest BCUT2D eigenvalue weighted by atomic mass is 9.72. The summed E-state index contributed by atoms with van der Waals surface area (Å²) in [7, 11) is 29.4. The van der Waals surface area contributed by atoms with E-state index in [1.54, 1.807) is 23.5 Å². The van der Waals surface area contributed by atoms with Crippen molar-refractivity contribution in [2.75, 3.05) is 0 Å². The molecule has 190 valence electrons. The maximum Gasteiger partial charge on any atom is 0.168 e. The van der Waals surface area contributed by atoms with E-state index in [-0.39, 0.29) is 49.9 Å². The van der Waals surface area contributed by atoms with E-state index in [0.29, 0.717) is 11.1 Å². The minimum absolute atomic E-state index is 0.0171. The van der Waals surface area contributed by atoms with Crippen molar-refractivity contribution in [1.82, 2.24) is 4.98 Å². The van der Waals surface area contributed by atoms with Crippen LogP contribution in [0.3, 0.4) is 0 Å². The number of hydrogen-bond donors (Lipinski definition) is 6. The van der Waals surface area contributed by atoms with Gasteiger partial charge in [-0.25, -0.2) is 0 Å². The Bertz CT molecular complexity index is 2110. The third-order valence-electron chi connectivity index (χ3n) is 7.83. The van der Waals surface area contributed by atoms with Crippen LogP contribution in [0.15, 0.2) is 48.5 Å². The summed E-state index contributed by atoms with van der Waals surface area (Å²) in [6.45, 7) is 0. The lowest BCUT2D eigenvalue weighted by Crippen LogP contribution is -2.32. The van der Waals surface area contributed by atoms with Crippen LogP contribution < -0.4 is 27.3 Å². The molecule has 2 aromatic heterocycles. The van der Waals surface area contributed by atoms with Gasteiger partial charge in [-0.15, -0.1) is 11.3 Å². The minimum atomic E-state index is -0.596. The number of hydrogen-bond acceptors (Lipinski definition) is 6. The molecule has 0 amide bonds. The second kappa shape index (κ2) is 8.97. The molecule has 2 heterocycles. The third-order valence-corrected chi connectivity index (χ3v) is 8.96. The second-order valence-electron chi connectivity index (χ2n) is 10.2. The van der Waals surface area contributed by atoms with Crippen LogP contribution in [0.4, 0.5) is 0 Å². The molecule has 6 N–H and O–H groups in total. The fourth-order valence-electron chi connectivity index (χ4n) is 5.58. The van der Waals surface area contributed by atoms with Gasteiger partial charge in [0.2, 0.25) is 0 Å². The maximum absolute atomic E-state index is 10.7. The fourth-order valence-corrected chi connectivity index (χ4v) is 6.68. The van der Waals surface area contributed by atoms with Crippen LogP contribution in [0.25, 0.3) is 64.2 Å².